The lowest BCUT2D eigenvalue weighted by Gasteiger charge is -2.41. The molecule has 1 aromatic heterocycles. The van der Waals surface area contributed by atoms with Crippen LogP contribution in [-0.4, -0.2) is 46.5 Å². The van der Waals surface area contributed by atoms with Gasteiger partial charge in [0.25, 0.3) is 0 Å². The molecule has 0 N–H and O–H groups in total. The van der Waals surface area contributed by atoms with E-state index in [1.165, 1.54) is 6.08 Å². The summed E-state index contributed by atoms with van der Waals surface area (Å²) in [6, 6.07) is 8.22. The molecule has 2 heterocycles. The monoisotopic (exact) mass is 296 g/mol. The molecule has 0 bridgehead atoms. The summed E-state index contributed by atoms with van der Waals surface area (Å²) in [7, 11) is 0. The van der Waals surface area contributed by atoms with Crippen LogP contribution in [0.2, 0.25) is 0 Å². The van der Waals surface area contributed by atoms with E-state index >= 15 is 0 Å². The molecule has 0 radical (unpaired) electrons. The van der Waals surface area contributed by atoms with Gasteiger partial charge in [0.2, 0.25) is 5.91 Å². The van der Waals surface area contributed by atoms with E-state index in [1.807, 2.05) is 29.2 Å². The first-order valence-corrected chi connectivity index (χ1v) is 7.62. The fourth-order valence-corrected chi connectivity index (χ4v) is 3.05. The molecule has 1 saturated heterocycles. The van der Waals surface area contributed by atoms with E-state index < -0.39 is 0 Å². The van der Waals surface area contributed by atoms with Gasteiger partial charge in [0, 0.05) is 31.1 Å². The molecule has 1 atom stereocenters. The number of hydrogen-bond acceptors (Lipinski definition) is 4. The maximum absolute atomic E-state index is 12.0. The Balaban J connectivity index is 1.90. The largest absolute Gasteiger partial charge is 0.352 e. The molecule has 114 valence electrons. The van der Waals surface area contributed by atoms with Crippen LogP contribution in [0.15, 0.2) is 43.2 Å². The van der Waals surface area contributed by atoms with E-state index in [1.54, 1.807) is 6.33 Å². The van der Waals surface area contributed by atoms with E-state index in [0.29, 0.717) is 6.54 Å². The number of nitrogens with zero attached hydrogens (tertiary/aromatic N) is 4. The molecule has 1 aliphatic rings. The first-order chi connectivity index (χ1) is 10.7. The van der Waals surface area contributed by atoms with Gasteiger partial charge in [-0.2, -0.15) is 0 Å². The molecular weight excluding hydrogens is 276 g/mol. The van der Waals surface area contributed by atoms with E-state index in [4.69, 9.17) is 0 Å². The lowest BCUT2D eigenvalue weighted by molar-refractivity contribution is -0.128. The zero-order valence-corrected chi connectivity index (χ0v) is 12.8. The summed E-state index contributed by atoms with van der Waals surface area (Å²) >= 11 is 0. The molecule has 0 aliphatic carbocycles. The minimum atomic E-state index is 0.0130. The Hall–Kier alpha value is -2.43. The van der Waals surface area contributed by atoms with Crippen molar-refractivity contribution in [2.75, 3.05) is 24.5 Å². The van der Waals surface area contributed by atoms with Crippen LogP contribution in [-0.2, 0) is 4.79 Å². The number of piperazine rings is 1. The highest BCUT2D eigenvalue weighted by Crippen LogP contribution is 2.25. The van der Waals surface area contributed by atoms with Gasteiger partial charge in [-0.25, -0.2) is 9.97 Å². The van der Waals surface area contributed by atoms with E-state index in [0.717, 1.165) is 36.2 Å². The zero-order valence-electron chi connectivity index (χ0n) is 12.8. The molecule has 1 fully saturated rings. The Kier molecular flexibility index (Phi) is 4.04. The molecule has 5 heteroatoms. The number of aromatic nitrogens is 2. The predicted octanol–water partition coefficient (Wildman–Crippen LogP) is 2.24. The van der Waals surface area contributed by atoms with Gasteiger partial charge in [-0.05, 0) is 24.6 Å². The number of carbonyl (C=O) groups excluding carboxylic acids is 1. The van der Waals surface area contributed by atoms with Gasteiger partial charge >= 0.3 is 0 Å². The minimum Gasteiger partial charge on any atom is -0.352 e. The number of amides is 1. The van der Waals surface area contributed by atoms with Gasteiger partial charge in [0.05, 0.1) is 5.52 Å². The fraction of sp³-hybridized carbons (Fsp3) is 0.353. The summed E-state index contributed by atoms with van der Waals surface area (Å²) in [5.74, 6) is 0.966. The Morgan fingerprint density at radius 2 is 2.18 bits per heavy atom. The van der Waals surface area contributed by atoms with Crippen molar-refractivity contribution in [2.24, 2.45) is 0 Å². The Morgan fingerprint density at radius 3 is 2.95 bits per heavy atom. The van der Waals surface area contributed by atoms with Crippen molar-refractivity contribution in [3.8, 4) is 0 Å². The third-order valence-corrected chi connectivity index (χ3v) is 4.23. The molecule has 0 saturated carbocycles. The third kappa shape index (κ3) is 2.54. The maximum atomic E-state index is 12.0. The highest BCUT2D eigenvalue weighted by atomic mass is 16.2. The van der Waals surface area contributed by atoms with Crippen LogP contribution in [0.25, 0.3) is 10.9 Å². The third-order valence-electron chi connectivity index (χ3n) is 4.23. The van der Waals surface area contributed by atoms with Crippen molar-refractivity contribution in [3.05, 3.63) is 43.2 Å². The predicted molar refractivity (Wildman–Crippen MR) is 87.7 cm³/mol. The number of rotatable bonds is 3. The molecule has 5 nitrogen and oxygen atoms in total. The summed E-state index contributed by atoms with van der Waals surface area (Å²) in [5, 5.41) is 1.06. The van der Waals surface area contributed by atoms with Crippen molar-refractivity contribution in [2.45, 2.75) is 19.4 Å². The van der Waals surface area contributed by atoms with Crippen LogP contribution in [0.3, 0.4) is 0 Å². The Bertz CT molecular complexity index is 695. The summed E-state index contributed by atoms with van der Waals surface area (Å²) in [6.07, 6.45) is 3.93. The number of benzene rings is 1. The van der Waals surface area contributed by atoms with Gasteiger partial charge in [-0.15, -0.1) is 0 Å². The second kappa shape index (κ2) is 6.13. The fourth-order valence-electron chi connectivity index (χ4n) is 3.05. The summed E-state index contributed by atoms with van der Waals surface area (Å²) < 4.78 is 0. The van der Waals surface area contributed by atoms with E-state index in [9.17, 15) is 4.79 Å². The zero-order chi connectivity index (χ0) is 15.5. The van der Waals surface area contributed by atoms with Crippen LogP contribution in [0.4, 0.5) is 5.82 Å². The van der Waals surface area contributed by atoms with Crippen LogP contribution in [0, 0.1) is 0 Å². The minimum absolute atomic E-state index is 0.0130. The van der Waals surface area contributed by atoms with Crippen LogP contribution < -0.4 is 4.90 Å². The van der Waals surface area contributed by atoms with Crippen molar-refractivity contribution in [1.82, 2.24) is 14.9 Å². The summed E-state index contributed by atoms with van der Waals surface area (Å²) in [6.45, 7) is 7.96. The molecule has 1 aliphatic heterocycles. The molecule has 0 spiro atoms. The lowest BCUT2D eigenvalue weighted by Crippen LogP contribution is -2.55. The number of anilines is 1. The van der Waals surface area contributed by atoms with Crippen LogP contribution >= 0.6 is 0 Å². The topological polar surface area (TPSA) is 49.3 Å². The number of para-hydroxylation sites is 1. The van der Waals surface area contributed by atoms with Gasteiger partial charge in [0.15, 0.2) is 0 Å². The lowest BCUT2D eigenvalue weighted by atomic mass is 10.1. The average molecular weight is 296 g/mol. The first kappa shape index (κ1) is 14.5. The quantitative estimate of drug-likeness (QED) is 0.815. The number of hydrogen-bond donors (Lipinski definition) is 0. The normalized spacial score (nSPS) is 18.5. The first-order valence-electron chi connectivity index (χ1n) is 7.62. The SMILES string of the molecule is C=CC(=O)N1CCN(c2ncnc3ccccc23)C[C@H]1CC. The van der Waals surface area contributed by atoms with Crippen molar-refractivity contribution in [1.29, 1.82) is 0 Å². The van der Waals surface area contributed by atoms with E-state index in [2.05, 4.69) is 28.4 Å². The van der Waals surface area contributed by atoms with Crippen LogP contribution in [0.1, 0.15) is 13.3 Å². The highest BCUT2D eigenvalue weighted by Gasteiger charge is 2.29. The van der Waals surface area contributed by atoms with Crippen molar-refractivity contribution in [3.63, 3.8) is 0 Å². The van der Waals surface area contributed by atoms with Crippen molar-refractivity contribution >= 4 is 22.6 Å². The number of fused-ring (bicyclic) bond motifs is 1. The molecule has 3 rings (SSSR count). The van der Waals surface area contributed by atoms with E-state index in [-0.39, 0.29) is 11.9 Å². The maximum Gasteiger partial charge on any atom is 0.246 e. The molecule has 22 heavy (non-hydrogen) atoms. The van der Waals surface area contributed by atoms with Crippen LogP contribution in [0.5, 0.6) is 0 Å². The smallest absolute Gasteiger partial charge is 0.246 e. The molecule has 1 amide bonds. The van der Waals surface area contributed by atoms with Gasteiger partial charge in [-0.3, -0.25) is 4.79 Å². The standard InChI is InChI=1S/C17H20N4O/c1-3-13-11-20(9-10-21(13)16(22)4-2)17-14-7-5-6-8-15(14)18-12-19-17/h4-8,12-13H,2-3,9-11H2,1H3/t13-/m1/s1. The number of carbonyl (C=O) groups is 1. The molecule has 2 aromatic rings. The average Bonchev–Trinajstić information content (AvgIpc) is 2.60. The second-order valence-electron chi connectivity index (χ2n) is 5.46. The molecule has 1 aromatic carbocycles. The van der Waals surface area contributed by atoms with Gasteiger partial charge < -0.3 is 9.80 Å². The summed E-state index contributed by atoms with van der Waals surface area (Å²) in [5.41, 5.74) is 0.949. The summed E-state index contributed by atoms with van der Waals surface area (Å²) in [4.78, 5) is 24.9. The second-order valence-corrected chi connectivity index (χ2v) is 5.46. The highest BCUT2D eigenvalue weighted by molar-refractivity contribution is 5.90. The van der Waals surface area contributed by atoms with Gasteiger partial charge in [0.1, 0.15) is 12.1 Å². The van der Waals surface area contributed by atoms with Gasteiger partial charge in [-0.1, -0.05) is 25.6 Å². The van der Waals surface area contributed by atoms with Crippen molar-refractivity contribution < 1.29 is 4.79 Å². The molecular formula is C17H20N4O. The molecule has 0 unspecified atom stereocenters. The Labute approximate surface area is 130 Å². The Morgan fingerprint density at radius 1 is 1.36 bits per heavy atom.